The number of nitrogens with one attached hydrogen (secondary N) is 1. The van der Waals surface area contributed by atoms with Crippen LogP contribution in [0.25, 0.3) is 0 Å². The first-order valence-corrected chi connectivity index (χ1v) is 7.87. The van der Waals surface area contributed by atoms with Crippen molar-refractivity contribution in [3.05, 3.63) is 29.8 Å². The SMILES string of the molecule is CSc1ccccc1CN(C)CCNCC(C)C. The van der Waals surface area contributed by atoms with Gasteiger partial charge in [0.2, 0.25) is 0 Å². The normalized spacial score (nSPS) is 11.4. The van der Waals surface area contributed by atoms with Crippen molar-refractivity contribution in [2.75, 3.05) is 32.9 Å². The summed E-state index contributed by atoms with van der Waals surface area (Å²) in [6.07, 6.45) is 2.14. The fourth-order valence-electron chi connectivity index (χ4n) is 1.86. The Bertz CT molecular complexity index is 339. The standard InChI is InChI=1S/C15H26N2S/c1-13(2)11-16-9-10-17(3)12-14-7-5-6-8-15(14)18-4/h5-8,13,16H,9-12H2,1-4H3. The average Bonchev–Trinajstić information content (AvgIpc) is 2.35. The third-order valence-corrected chi connectivity index (χ3v) is 3.69. The zero-order valence-electron chi connectivity index (χ0n) is 12.1. The van der Waals surface area contributed by atoms with Gasteiger partial charge in [0.15, 0.2) is 0 Å². The number of hydrogen-bond donors (Lipinski definition) is 1. The summed E-state index contributed by atoms with van der Waals surface area (Å²) >= 11 is 1.83. The van der Waals surface area contributed by atoms with Crippen LogP contribution >= 0.6 is 11.8 Å². The summed E-state index contributed by atoms with van der Waals surface area (Å²) in [5, 5.41) is 3.48. The lowest BCUT2D eigenvalue weighted by molar-refractivity contribution is 0.319. The highest BCUT2D eigenvalue weighted by atomic mass is 32.2. The monoisotopic (exact) mass is 266 g/mol. The Hall–Kier alpha value is -0.510. The lowest BCUT2D eigenvalue weighted by Gasteiger charge is -2.19. The van der Waals surface area contributed by atoms with Gasteiger partial charge in [-0.05, 0) is 37.4 Å². The minimum atomic E-state index is 0.729. The molecule has 0 fully saturated rings. The highest BCUT2D eigenvalue weighted by Gasteiger charge is 2.04. The largest absolute Gasteiger partial charge is 0.315 e. The van der Waals surface area contributed by atoms with Crippen molar-refractivity contribution in [3.8, 4) is 0 Å². The van der Waals surface area contributed by atoms with E-state index in [-0.39, 0.29) is 0 Å². The molecule has 2 nitrogen and oxygen atoms in total. The first kappa shape index (κ1) is 15.5. The predicted octanol–water partition coefficient (Wildman–Crippen LogP) is 3.09. The van der Waals surface area contributed by atoms with Crippen LogP contribution < -0.4 is 5.32 Å². The molecule has 0 radical (unpaired) electrons. The van der Waals surface area contributed by atoms with E-state index in [9.17, 15) is 0 Å². The molecule has 1 N–H and O–H groups in total. The number of hydrogen-bond acceptors (Lipinski definition) is 3. The molecular weight excluding hydrogens is 240 g/mol. The maximum absolute atomic E-state index is 3.48. The van der Waals surface area contributed by atoms with Crippen LogP contribution in [0.2, 0.25) is 0 Å². The quantitative estimate of drug-likeness (QED) is 0.575. The highest BCUT2D eigenvalue weighted by Crippen LogP contribution is 2.20. The Kier molecular flexibility index (Phi) is 7.40. The Morgan fingerprint density at radius 3 is 2.67 bits per heavy atom. The van der Waals surface area contributed by atoms with Gasteiger partial charge in [0, 0.05) is 24.5 Å². The molecule has 0 aliphatic rings. The van der Waals surface area contributed by atoms with Gasteiger partial charge in [-0.2, -0.15) is 0 Å². The summed E-state index contributed by atoms with van der Waals surface area (Å²) in [5.74, 6) is 0.729. The maximum atomic E-state index is 3.48. The topological polar surface area (TPSA) is 15.3 Å². The summed E-state index contributed by atoms with van der Waals surface area (Å²) < 4.78 is 0. The van der Waals surface area contributed by atoms with E-state index in [0.717, 1.165) is 32.1 Å². The molecule has 102 valence electrons. The van der Waals surface area contributed by atoms with Crippen LogP contribution in [0.1, 0.15) is 19.4 Å². The molecule has 0 aliphatic carbocycles. The molecule has 0 aromatic heterocycles. The van der Waals surface area contributed by atoms with E-state index in [1.54, 1.807) is 0 Å². The highest BCUT2D eigenvalue weighted by molar-refractivity contribution is 7.98. The Morgan fingerprint density at radius 2 is 2.00 bits per heavy atom. The summed E-state index contributed by atoms with van der Waals surface area (Å²) in [7, 11) is 2.19. The van der Waals surface area contributed by atoms with Gasteiger partial charge in [-0.3, -0.25) is 0 Å². The smallest absolute Gasteiger partial charge is 0.0242 e. The molecule has 0 saturated carbocycles. The van der Waals surface area contributed by atoms with Gasteiger partial charge >= 0.3 is 0 Å². The molecule has 0 amide bonds. The van der Waals surface area contributed by atoms with Crippen LogP contribution in [-0.2, 0) is 6.54 Å². The van der Waals surface area contributed by atoms with E-state index in [1.165, 1.54) is 10.5 Å². The summed E-state index contributed by atoms with van der Waals surface area (Å²) in [6.45, 7) is 8.78. The van der Waals surface area contributed by atoms with Gasteiger partial charge in [0.05, 0.1) is 0 Å². The predicted molar refractivity (Wildman–Crippen MR) is 82.3 cm³/mol. The van der Waals surface area contributed by atoms with E-state index in [2.05, 4.69) is 61.6 Å². The second kappa shape index (κ2) is 8.57. The van der Waals surface area contributed by atoms with E-state index >= 15 is 0 Å². The van der Waals surface area contributed by atoms with Crippen molar-refractivity contribution in [2.24, 2.45) is 5.92 Å². The Labute approximate surface area is 116 Å². The molecule has 0 saturated heterocycles. The van der Waals surface area contributed by atoms with Crippen LogP contribution in [0, 0.1) is 5.92 Å². The molecular formula is C15H26N2S. The molecule has 0 atom stereocenters. The van der Waals surface area contributed by atoms with Crippen molar-refractivity contribution in [1.82, 2.24) is 10.2 Å². The fraction of sp³-hybridized carbons (Fsp3) is 0.600. The third-order valence-electron chi connectivity index (χ3n) is 2.86. The van der Waals surface area contributed by atoms with Crippen molar-refractivity contribution < 1.29 is 0 Å². The minimum absolute atomic E-state index is 0.729. The number of nitrogens with zero attached hydrogens (tertiary/aromatic N) is 1. The zero-order valence-corrected chi connectivity index (χ0v) is 12.9. The van der Waals surface area contributed by atoms with Gasteiger partial charge in [-0.1, -0.05) is 32.0 Å². The van der Waals surface area contributed by atoms with Crippen molar-refractivity contribution >= 4 is 11.8 Å². The summed E-state index contributed by atoms with van der Waals surface area (Å²) in [5.41, 5.74) is 1.43. The molecule has 3 heteroatoms. The third kappa shape index (κ3) is 5.89. The first-order valence-electron chi connectivity index (χ1n) is 6.64. The van der Waals surface area contributed by atoms with Gasteiger partial charge in [-0.25, -0.2) is 0 Å². The van der Waals surface area contributed by atoms with Crippen LogP contribution in [0.5, 0.6) is 0 Å². The van der Waals surface area contributed by atoms with Gasteiger partial charge in [0.1, 0.15) is 0 Å². The molecule has 0 spiro atoms. The van der Waals surface area contributed by atoms with Crippen molar-refractivity contribution in [1.29, 1.82) is 0 Å². The maximum Gasteiger partial charge on any atom is 0.0242 e. The van der Waals surface area contributed by atoms with Crippen LogP contribution in [0.4, 0.5) is 0 Å². The summed E-state index contributed by atoms with van der Waals surface area (Å²) in [4.78, 5) is 3.77. The molecule has 1 rings (SSSR count). The summed E-state index contributed by atoms with van der Waals surface area (Å²) in [6, 6.07) is 8.66. The number of thioether (sulfide) groups is 1. The molecule has 0 heterocycles. The van der Waals surface area contributed by atoms with Crippen LogP contribution in [-0.4, -0.2) is 37.8 Å². The van der Waals surface area contributed by atoms with Gasteiger partial charge < -0.3 is 10.2 Å². The van der Waals surface area contributed by atoms with Crippen LogP contribution in [0.15, 0.2) is 29.2 Å². The second-order valence-electron chi connectivity index (χ2n) is 5.15. The molecule has 1 aromatic rings. The van der Waals surface area contributed by atoms with E-state index in [1.807, 2.05) is 11.8 Å². The lowest BCUT2D eigenvalue weighted by atomic mass is 10.2. The Balaban J connectivity index is 2.33. The number of rotatable bonds is 8. The Morgan fingerprint density at radius 1 is 1.28 bits per heavy atom. The minimum Gasteiger partial charge on any atom is -0.315 e. The molecule has 18 heavy (non-hydrogen) atoms. The average molecular weight is 266 g/mol. The van der Waals surface area contributed by atoms with E-state index in [0.29, 0.717) is 0 Å². The number of benzene rings is 1. The van der Waals surface area contributed by atoms with Gasteiger partial charge in [-0.15, -0.1) is 11.8 Å². The molecule has 0 aliphatic heterocycles. The van der Waals surface area contributed by atoms with E-state index < -0.39 is 0 Å². The number of likely N-dealkylation sites (N-methyl/N-ethyl adjacent to an activating group) is 1. The second-order valence-corrected chi connectivity index (χ2v) is 6.00. The van der Waals surface area contributed by atoms with E-state index in [4.69, 9.17) is 0 Å². The fourth-order valence-corrected chi connectivity index (χ4v) is 2.47. The van der Waals surface area contributed by atoms with Gasteiger partial charge in [0.25, 0.3) is 0 Å². The molecule has 0 unspecified atom stereocenters. The van der Waals surface area contributed by atoms with Crippen molar-refractivity contribution in [2.45, 2.75) is 25.3 Å². The zero-order chi connectivity index (χ0) is 13.4. The van der Waals surface area contributed by atoms with Crippen molar-refractivity contribution in [3.63, 3.8) is 0 Å². The van der Waals surface area contributed by atoms with Crippen LogP contribution in [0.3, 0.4) is 0 Å². The lowest BCUT2D eigenvalue weighted by Crippen LogP contribution is -2.30. The molecule has 0 bridgehead atoms. The first-order chi connectivity index (χ1) is 8.63. The molecule has 1 aromatic carbocycles.